The first-order chi connectivity index (χ1) is 11.1. The Bertz CT molecular complexity index is 345. The lowest BCUT2D eigenvalue weighted by molar-refractivity contribution is -0.136. The largest absolute Gasteiger partial charge is 0.340 e. The van der Waals surface area contributed by atoms with E-state index < -0.39 is 0 Å². The molecule has 0 saturated carbocycles. The van der Waals surface area contributed by atoms with Crippen LogP contribution in [0.15, 0.2) is 0 Å². The first kappa shape index (κ1) is 18.7. The fourth-order valence-corrected chi connectivity index (χ4v) is 3.86. The fourth-order valence-electron chi connectivity index (χ4n) is 3.86. The smallest absolute Gasteiger partial charge is 0.225 e. The zero-order valence-electron chi connectivity index (χ0n) is 15.6. The SMILES string of the molecule is CCCN1CCC(CCN2CCN(C(=O)C(C)CC)CC2)CC1. The lowest BCUT2D eigenvalue weighted by Gasteiger charge is -2.37. The van der Waals surface area contributed by atoms with Crippen molar-refractivity contribution in [2.24, 2.45) is 11.8 Å². The van der Waals surface area contributed by atoms with E-state index >= 15 is 0 Å². The molecule has 1 unspecified atom stereocenters. The third kappa shape index (κ3) is 5.75. The molecular weight excluding hydrogens is 286 g/mol. The van der Waals surface area contributed by atoms with E-state index in [1.165, 1.54) is 51.9 Å². The van der Waals surface area contributed by atoms with Gasteiger partial charge in [0.05, 0.1) is 0 Å². The average molecular weight is 324 g/mol. The third-order valence-corrected chi connectivity index (χ3v) is 5.82. The van der Waals surface area contributed by atoms with E-state index in [9.17, 15) is 4.79 Å². The standard InChI is InChI=1S/C19H37N3O/c1-4-9-20-10-6-18(7-11-20)8-12-21-13-15-22(16-14-21)19(23)17(3)5-2/h17-18H,4-16H2,1-3H3. The second kappa shape index (κ2) is 9.63. The van der Waals surface area contributed by atoms with Crippen LogP contribution in [0.4, 0.5) is 0 Å². The Kier molecular flexibility index (Phi) is 7.84. The zero-order valence-corrected chi connectivity index (χ0v) is 15.6. The van der Waals surface area contributed by atoms with Crippen LogP contribution in [0, 0.1) is 11.8 Å². The number of piperazine rings is 1. The summed E-state index contributed by atoms with van der Waals surface area (Å²) in [7, 11) is 0. The number of carbonyl (C=O) groups excluding carboxylic acids is 1. The predicted octanol–water partition coefficient (Wildman–Crippen LogP) is 2.69. The van der Waals surface area contributed by atoms with E-state index in [0.717, 1.165) is 38.5 Å². The first-order valence-electron chi connectivity index (χ1n) is 9.87. The Morgan fingerprint density at radius 1 is 0.957 bits per heavy atom. The molecule has 2 rings (SSSR count). The molecule has 2 aliphatic rings. The Morgan fingerprint density at radius 3 is 2.13 bits per heavy atom. The molecule has 1 amide bonds. The number of hydrogen-bond acceptors (Lipinski definition) is 3. The summed E-state index contributed by atoms with van der Waals surface area (Å²) < 4.78 is 0. The Labute approximate surface area is 143 Å². The van der Waals surface area contributed by atoms with Crippen molar-refractivity contribution >= 4 is 5.91 Å². The highest BCUT2D eigenvalue weighted by atomic mass is 16.2. The summed E-state index contributed by atoms with van der Waals surface area (Å²) in [5.74, 6) is 1.47. The van der Waals surface area contributed by atoms with Crippen LogP contribution < -0.4 is 0 Å². The van der Waals surface area contributed by atoms with Gasteiger partial charge in [0.2, 0.25) is 5.91 Å². The quantitative estimate of drug-likeness (QED) is 0.721. The van der Waals surface area contributed by atoms with E-state index in [1.54, 1.807) is 0 Å². The Morgan fingerprint density at radius 2 is 1.57 bits per heavy atom. The van der Waals surface area contributed by atoms with E-state index in [4.69, 9.17) is 0 Å². The van der Waals surface area contributed by atoms with Gasteiger partial charge in [-0.1, -0.05) is 20.8 Å². The Balaban J connectivity index is 1.61. The molecule has 0 aromatic rings. The number of hydrogen-bond donors (Lipinski definition) is 0. The summed E-state index contributed by atoms with van der Waals surface area (Å²) in [6.45, 7) is 15.5. The van der Waals surface area contributed by atoms with Gasteiger partial charge in [0.1, 0.15) is 0 Å². The molecular formula is C19H37N3O. The van der Waals surface area contributed by atoms with Gasteiger partial charge < -0.3 is 9.80 Å². The molecule has 23 heavy (non-hydrogen) atoms. The lowest BCUT2D eigenvalue weighted by atomic mass is 9.93. The van der Waals surface area contributed by atoms with Gasteiger partial charge in [0.25, 0.3) is 0 Å². The highest BCUT2D eigenvalue weighted by Crippen LogP contribution is 2.21. The number of piperidine rings is 1. The van der Waals surface area contributed by atoms with Crippen LogP contribution in [0.1, 0.15) is 52.9 Å². The number of nitrogens with zero attached hydrogens (tertiary/aromatic N) is 3. The summed E-state index contributed by atoms with van der Waals surface area (Å²) in [5, 5.41) is 0. The maximum atomic E-state index is 12.2. The van der Waals surface area contributed by atoms with Gasteiger partial charge in [-0.2, -0.15) is 0 Å². The van der Waals surface area contributed by atoms with Gasteiger partial charge in [-0.25, -0.2) is 0 Å². The molecule has 2 heterocycles. The van der Waals surface area contributed by atoms with Crippen LogP contribution >= 0.6 is 0 Å². The molecule has 0 bridgehead atoms. The second-order valence-corrected chi connectivity index (χ2v) is 7.55. The van der Waals surface area contributed by atoms with Gasteiger partial charge in [-0.15, -0.1) is 0 Å². The van der Waals surface area contributed by atoms with E-state index in [-0.39, 0.29) is 5.92 Å². The third-order valence-electron chi connectivity index (χ3n) is 5.82. The first-order valence-corrected chi connectivity index (χ1v) is 9.87. The minimum atomic E-state index is 0.190. The summed E-state index contributed by atoms with van der Waals surface area (Å²) >= 11 is 0. The molecule has 4 nitrogen and oxygen atoms in total. The normalized spacial score (nSPS) is 23.2. The minimum absolute atomic E-state index is 0.190. The molecule has 0 aromatic heterocycles. The van der Waals surface area contributed by atoms with E-state index in [2.05, 4.69) is 35.5 Å². The highest BCUT2D eigenvalue weighted by molar-refractivity contribution is 5.78. The monoisotopic (exact) mass is 323 g/mol. The van der Waals surface area contributed by atoms with Crippen molar-refractivity contribution in [3.05, 3.63) is 0 Å². The Hall–Kier alpha value is -0.610. The molecule has 2 saturated heterocycles. The number of likely N-dealkylation sites (tertiary alicyclic amines) is 1. The van der Waals surface area contributed by atoms with E-state index in [1.807, 2.05) is 0 Å². The van der Waals surface area contributed by atoms with Crippen LogP contribution in [0.2, 0.25) is 0 Å². The molecule has 4 heteroatoms. The summed E-state index contributed by atoms with van der Waals surface area (Å²) in [4.78, 5) is 19.5. The molecule has 0 aliphatic carbocycles. The molecule has 0 N–H and O–H groups in total. The summed E-state index contributed by atoms with van der Waals surface area (Å²) in [6, 6.07) is 0. The summed E-state index contributed by atoms with van der Waals surface area (Å²) in [5.41, 5.74) is 0. The van der Waals surface area contributed by atoms with Gasteiger partial charge in [0.15, 0.2) is 0 Å². The molecule has 0 spiro atoms. The molecule has 2 aliphatic heterocycles. The van der Waals surface area contributed by atoms with Crippen molar-refractivity contribution in [3.8, 4) is 0 Å². The van der Waals surface area contributed by atoms with Gasteiger partial charge in [-0.05, 0) is 64.2 Å². The predicted molar refractivity (Wildman–Crippen MR) is 96.5 cm³/mol. The van der Waals surface area contributed by atoms with Crippen molar-refractivity contribution in [1.29, 1.82) is 0 Å². The second-order valence-electron chi connectivity index (χ2n) is 7.55. The maximum Gasteiger partial charge on any atom is 0.225 e. The van der Waals surface area contributed by atoms with Crippen molar-refractivity contribution < 1.29 is 4.79 Å². The molecule has 0 radical (unpaired) electrons. The van der Waals surface area contributed by atoms with Crippen LogP contribution in [0.25, 0.3) is 0 Å². The topological polar surface area (TPSA) is 26.8 Å². The average Bonchev–Trinajstić information content (AvgIpc) is 2.60. The highest BCUT2D eigenvalue weighted by Gasteiger charge is 2.25. The molecule has 134 valence electrons. The van der Waals surface area contributed by atoms with Crippen molar-refractivity contribution in [3.63, 3.8) is 0 Å². The van der Waals surface area contributed by atoms with Gasteiger partial charge in [-0.3, -0.25) is 9.69 Å². The van der Waals surface area contributed by atoms with Crippen LogP contribution in [-0.4, -0.2) is 73.0 Å². The molecule has 2 fully saturated rings. The van der Waals surface area contributed by atoms with Crippen molar-refractivity contribution in [2.45, 2.75) is 52.9 Å². The summed E-state index contributed by atoms with van der Waals surface area (Å²) in [6.07, 6.45) is 6.35. The fraction of sp³-hybridized carbons (Fsp3) is 0.947. The van der Waals surface area contributed by atoms with E-state index in [0.29, 0.717) is 5.91 Å². The number of carbonyl (C=O) groups is 1. The zero-order chi connectivity index (χ0) is 16.7. The minimum Gasteiger partial charge on any atom is -0.340 e. The van der Waals surface area contributed by atoms with Gasteiger partial charge >= 0.3 is 0 Å². The van der Waals surface area contributed by atoms with Crippen molar-refractivity contribution in [1.82, 2.24) is 14.7 Å². The number of amides is 1. The maximum absolute atomic E-state index is 12.2. The molecule has 0 aromatic carbocycles. The number of rotatable bonds is 7. The van der Waals surface area contributed by atoms with Crippen LogP contribution in [0.3, 0.4) is 0 Å². The van der Waals surface area contributed by atoms with Gasteiger partial charge in [0, 0.05) is 32.1 Å². The van der Waals surface area contributed by atoms with Crippen LogP contribution in [0.5, 0.6) is 0 Å². The molecule has 1 atom stereocenters. The van der Waals surface area contributed by atoms with Crippen LogP contribution in [-0.2, 0) is 4.79 Å². The lowest BCUT2D eigenvalue weighted by Crippen LogP contribution is -2.50. The van der Waals surface area contributed by atoms with Crippen molar-refractivity contribution in [2.75, 3.05) is 52.4 Å².